The molecule has 9 heteroatoms. The van der Waals surface area contributed by atoms with Gasteiger partial charge in [-0.3, -0.25) is 14.6 Å². The van der Waals surface area contributed by atoms with Crippen molar-refractivity contribution < 1.29 is 27.5 Å². The molecule has 1 amide bonds. The molecule has 0 fully saturated rings. The molecular weight excluding hydrogens is 375 g/mol. The first kappa shape index (κ1) is 21.4. The van der Waals surface area contributed by atoms with E-state index in [4.69, 9.17) is 10.5 Å². The highest BCUT2D eigenvalue weighted by Gasteiger charge is 2.24. The first-order valence-electron chi connectivity index (χ1n) is 8.65. The van der Waals surface area contributed by atoms with Gasteiger partial charge in [0.1, 0.15) is 12.3 Å². The maximum absolute atomic E-state index is 13.7. The molecule has 0 saturated carbocycles. The minimum Gasteiger partial charge on any atom is -0.480 e. The third kappa shape index (κ3) is 5.78. The Labute approximate surface area is 159 Å². The Morgan fingerprint density at radius 2 is 1.86 bits per heavy atom. The van der Waals surface area contributed by atoms with E-state index >= 15 is 0 Å². The number of unbranched alkanes of at least 4 members (excludes halogenated alkanes) is 1. The summed E-state index contributed by atoms with van der Waals surface area (Å²) in [6.07, 6.45) is 2.85. The number of carbonyl (C=O) groups is 2. The predicted molar refractivity (Wildman–Crippen MR) is 95.2 cm³/mol. The molecule has 0 spiro atoms. The van der Waals surface area contributed by atoms with Crippen molar-refractivity contribution in [2.75, 3.05) is 13.2 Å². The Hall–Kier alpha value is -2.94. The van der Waals surface area contributed by atoms with Crippen LogP contribution in [0.15, 0.2) is 36.5 Å². The van der Waals surface area contributed by atoms with Crippen molar-refractivity contribution in [3.63, 3.8) is 0 Å². The molecule has 0 unspecified atom stereocenters. The minimum atomic E-state index is -1.52. The lowest BCUT2D eigenvalue weighted by Crippen LogP contribution is -2.43. The highest BCUT2D eigenvalue weighted by molar-refractivity contribution is 5.96. The van der Waals surface area contributed by atoms with Crippen molar-refractivity contribution >= 4 is 11.7 Å². The maximum Gasteiger partial charge on any atom is 0.270 e. The van der Waals surface area contributed by atoms with Crippen molar-refractivity contribution in [2.24, 2.45) is 5.73 Å². The van der Waals surface area contributed by atoms with E-state index in [1.54, 1.807) is 12.1 Å². The molecule has 0 bridgehead atoms. The number of hydrogen-bond acceptors (Lipinski definition) is 5. The molecule has 6 nitrogen and oxygen atoms in total. The molecule has 1 aromatic carbocycles. The van der Waals surface area contributed by atoms with Crippen molar-refractivity contribution in [1.82, 2.24) is 10.3 Å². The fourth-order valence-corrected chi connectivity index (χ4v) is 2.42. The number of pyridine rings is 1. The number of Topliss-reactive ketones (excluding diaryl/α,β-unsaturated/α-hetero) is 1. The number of rotatable bonds is 10. The number of halogens is 3. The quantitative estimate of drug-likeness (QED) is 0.476. The first-order chi connectivity index (χ1) is 13.4. The summed E-state index contributed by atoms with van der Waals surface area (Å²) in [6, 6.07) is 5.07. The van der Waals surface area contributed by atoms with E-state index < -0.39 is 47.5 Å². The van der Waals surface area contributed by atoms with Gasteiger partial charge in [-0.05, 0) is 50.1 Å². The van der Waals surface area contributed by atoms with Crippen molar-refractivity contribution in [3.05, 3.63) is 59.7 Å². The van der Waals surface area contributed by atoms with Crippen molar-refractivity contribution in [3.8, 4) is 5.75 Å². The third-order valence-electron chi connectivity index (χ3n) is 3.90. The van der Waals surface area contributed by atoms with Gasteiger partial charge in [-0.1, -0.05) is 6.07 Å². The van der Waals surface area contributed by atoms with Gasteiger partial charge in [0.15, 0.2) is 23.2 Å². The van der Waals surface area contributed by atoms with Crippen LogP contribution in [0.1, 0.15) is 29.8 Å². The Balaban J connectivity index is 2.06. The number of amides is 1. The number of ether oxygens (including phenoxy) is 1. The van der Waals surface area contributed by atoms with E-state index in [1.165, 1.54) is 12.3 Å². The fourth-order valence-electron chi connectivity index (χ4n) is 2.42. The van der Waals surface area contributed by atoms with Crippen LogP contribution in [0.25, 0.3) is 0 Å². The lowest BCUT2D eigenvalue weighted by Gasteiger charge is -2.18. The summed E-state index contributed by atoms with van der Waals surface area (Å²) in [6.45, 7) is -0.335. The molecule has 1 atom stereocenters. The van der Waals surface area contributed by atoms with Crippen molar-refractivity contribution in [2.45, 2.75) is 25.3 Å². The van der Waals surface area contributed by atoms with E-state index in [0.29, 0.717) is 31.5 Å². The van der Waals surface area contributed by atoms with Gasteiger partial charge >= 0.3 is 0 Å². The second-order valence-corrected chi connectivity index (χ2v) is 5.95. The Morgan fingerprint density at radius 1 is 1.11 bits per heavy atom. The predicted octanol–water partition coefficient (Wildman–Crippen LogP) is 2.37. The van der Waals surface area contributed by atoms with E-state index in [1.807, 2.05) is 0 Å². The van der Waals surface area contributed by atoms with Crippen LogP contribution >= 0.6 is 0 Å². The largest absolute Gasteiger partial charge is 0.480 e. The molecule has 0 radical (unpaired) electrons. The average Bonchev–Trinajstić information content (AvgIpc) is 2.70. The smallest absolute Gasteiger partial charge is 0.270 e. The van der Waals surface area contributed by atoms with Crippen LogP contribution in [-0.4, -0.2) is 35.9 Å². The highest BCUT2D eigenvalue weighted by atomic mass is 19.2. The molecule has 0 saturated heterocycles. The Kier molecular flexibility index (Phi) is 7.94. The summed E-state index contributed by atoms with van der Waals surface area (Å²) in [4.78, 5) is 28.6. The normalized spacial score (nSPS) is 11.7. The highest BCUT2D eigenvalue weighted by Crippen LogP contribution is 2.23. The van der Waals surface area contributed by atoms with Crippen molar-refractivity contribution in [1.29, 1.82) is 0 Å². The topological polar surface area (TPSA) is 94.3 Å². The molecular formula is C19H20F3N3O3. The monoisotopic (exact) mass is 395 g/mol. The molecule has 0 aliphatic heterocycles. The lowest BCUT2D eigenvalue weighted by atomic mass is 10.1. The molecule has 2 aromatic rings. The number of ketones is 1. The van der Waals surface area contributed by atoms with Crippen LogP contribution in [0.2, 0.25) is 0 Å². The molecule has 2 rings (SSSR count). The SMILES string of the molecule is NCCCC[C@H](NC(=O)c1ccccn1)C(=O)COc1c(F)ccc(F)c1F. The summed E-state index contributed by atoms with van der Waals surface area (Å²) in [7, 11) is 0. The number of nitrogens with two attached hydrogens (primary N) is 1. The summed E-state index contributed by atoms with van der Waals surface area (Å²) < 4.78 is 45.4. The second kappa shape index (κ2) is 10.4. The number of hydrogen-bond donors (Lipinski definition) is 2. The zero-order valence-corrected chi connectivity index (χ0v) is 15.0. The number of nitrogens with zero attached hydrogens (tertiary/aromatic N) is 1. The van der Waals surface area contributed by atoms with Gasteiger partial charge in [-0.2, -0.15) is 4.39 Å². The first-order valence-corrected chi connectivity index (χ1v) is 8.65. The zero-order valence-electron chi connectivity index (χ0n) is 15.0. The van der Waals surface area contributed by atoms with E-state index in [2.05, 4.69) is 10.3 Å². The van der Waals surface area contributed by atoms with Crippen LogP contribution in [-0.2, 0) is 4.79 Å². The Bertz CT molecular complexity index is 819. The average molecular weight is 395 g/mol. The van der Waals surface area contributed by atoms with Gasteiger partial charge in [0, 0.05) is 6.20 Å². The minimum absolute atomic E-state index is 0.113. The van der Waals surface area contributed by atoms with Gasteiger partial charge in [0.25, 0.3) is 5.91 Å². The summed E-state index contributed by atoms with van der Waals surface area (Å²) in [5.74, 6) is -6.13. The van der Waals surface area contributed by atoms with Crippen LogP contribution in [0.4, 0.5) is 13.2 Å². The molecule has 28 heavy (non-hydrogen) atoms. The molecule has 0 aliphatic carbocycles. The summed E-state index contributed by atoms with van der Waals surface area (Å²) >= 11 is 0. The molecule has 3 N–H and O–H groups in total. The maximum atomic E-state index is 13.7. The van der Waals surface area contributed by atoms with Crippen LogP contribution in [0.5, 0.6) is 5.75 Å². The lowest BCUT2D eigenvalue weighted by molar-refractivity contribution is -0.123. The van der Waals surface area contributed by atoms with Gasteiger partial charge < -0.3 is 15.8 Å². The van der Waals surface area contributed by atoms with Gasteiger partial charge in [0.05, 0.1) is 6.04 Å². The molecule has 0 aliphatic rings. The van der Waals surface area contributed by atoms with Crippen LogP contribution in [0, 0.1) is 17.5 Å². The third-order valence-corrected chi connectivity index (χ3v) is 3.90. The van der Waals surface area contributed by atoms with Gasteiger partial charge in [-0.15, -0.1) is 0 Å². The van der Waals surface area contributed by atoms with Crippen LogP contribution in [0.3, 0.4) is 0 Å². The molecule has 150 valence electrons. The van der Waals surface area contributed by atoms with E-state index in [-0.39, 0.29) is 12.1 Å². The van der Waals surface area contributed by atoms with E-state index in [0.717, 1.165) is 0 Å². The van der Waals surface area contributed by atoms with Crippen LogP contribution < -0.4 is 15.8 Å². The van der Waals surface area contributed by atoms with E-state index in [9.17, 15) is 22.8 Å². The fraction of sp³-hybridized carbons (Fsp3) is 0.316. The standard InChI is InChI=1S/C19H20F3N3O3/c20-12-7-8-13(21)18(17(12)22)28-11-16(26)14(5-1-3-9-23)25-19(27)15-6-2-4-10-24-15/h2,4,6-8,10,14H,1,3,5,9,11,23H2,(H,25,27)/t14-/m0/s1. The molecule has 1 heterocycles. The van der Waals surface area contributed by atoms with Gasteiger partial charge in [0.2, 0.25) is 5.82 Å². The Morgan fingerprint density at radius 3 is 2.54 bits per heavy atom. The number of nitrogens with one attached hydrogen (secondary N) is 1. The number of benzene rings is 1. The summed E-state index contributed by atoms with van der Waals surface area (Å²) in [5.41, 5.74) is 5.55. The number of carbonyl (C=O) groups excluding carboxylic acids is 2. The van der Waals surface area contributed by atoms with Gasteiger partial charge in [-0.25, -0.2) is 8.78 Å². The summed E-state index contributed by atoms with van der Waals surface area (Å²) in [5, 5.41) is 2.54. The molecule has 1 aromatic heterocycles. The second-order valence-electron chi connectivity index (χ2n) is 5.95. The number of aromatic nitrogens is 1. The zero-order chi connectivity index (χ0) is 20.5.